The van der Waals surface area contributed by atoms with E-state index < -0.39 is 17.4 Å². The highest BCUT2D eigenvalue weighted by molar-refractivity contribution is 6.07. The number of hydrogen-bond donors (Lipinski definition) is 1. The molecule has 0 spiro atoms. The number of ether oxygens (including phenoxy) is 1. The molecule has 0 bridgehead atoms. The van der Waals surface area contributed by atoms with Crippen LogP contribution < -0.4 is 10.1 Å². The monoisotopic (exact) mass is 404 g/mol. The lowest BCUT2D eigenvalue weighted by atomic mass is 9.83. The van der Waals surface area contributed by atoms with Gasteiger partial charge in [-0.2, -0.15) is 0 Å². The predicted octanol–water partition coefficient (Wildman–Crippen LogP) is 3.89. The summed E-state index contributed by atoms with van der Waals surface area (Å²) in [4.78, 5) is 27.3. The van der Waals surface area contributed by atoms with Gasteiger partial charge in [-0.3, -0.25) is 9.69 Å². The molecule has 1 aliphatic rings. The van der Waals surface area contributed by atoms with Gasteiger partial charge < -0.3 is 10.1 Å². The molecule has 6 heteroatoms. The number of carbonyl (C=O) groups is 2. The van der Waals surface area contributed by atoms with E-state index in [9.17, 15) is 14.0 Å². The maximum Gasteiger partial charge on any atom is 0.325 e. The molecule has 0 aliphatic carbocycles. The fourth-order valence-corrected chi connectivity index (χ4v) is 3.68. The molecule has 30 heavy (non-hydrogen) atoms. The van der Waals surface area contributed by atoms with Gasteiger partial charge in [0.05, 0.1) is 6.54 Å². The molecule has 1 N–H and O–H groups in total. The molecule has 3 aromatic rings. The highest BCUT2D eigenvalue weighted by atomic mass is 19.1. The number of para-hydroxylation sites is 1. The van der Waals surface area contributed by atoms with Gasteiger partial charge >= 0.3 is 6.03 Å². The van der Waals surface area contributed by atoms with Crippen LogP contribution in [0.15, 0.2) is 84.9 Å². The van der Waals surface area contributed by atoms with Crippen molar-refractivity contribution in [3.05, 3.63) is 102 Å². The van der Waals surface area contributed by atoms with Gasteiger partial charge in [-0.25, -0.2) is 9.18 Å². The van der Waals surface area contributed by atoms with Gasteiger partial charge in [0, 0.05) is 6.42 Å². The Morgan fingerprint density at radius 2 is 1.50 bits per heavy atom. The van der Waals surface area contributed by atoms with Crippen molar-refractivity contribution in [1.82, 2.24) is 10.2 Å². The Hall–Kier alpha value is -3.67. The lowest BCUT2D eigenvalue weighted by Crippen LogP contribution is -2.46. The number of nitrogens with one attached hydrogen (secondary N) is 1. The van der Waals surface area contributed by atoms with E-state index in [1.54, 1.807) is 12.1 Å². The lowest BCUT2D eigenvalue weighted by molar-refractivity contribution is -0.131. The summed E-state index contributed by atoms with van der Waals surface area (Å²) in [6, 6.07) is 24.3. The summed E-state index contributed by atoms with van der Waals surface area (Å²) < 4.78 is 19.2. The zero-order valence-electron chi connectivity index (χ0n) is 16.3. The zero-order valence-corrected chi connectivity index (χ0v) is 16.3. The number of carbonyl (C=O) groups excluding carboxylic acids is 2. The molecule has 1 fully saturated rings. The van der Waals surface area contributed by atoms with Gasteiger partial charge in [-0.15, -0.1) is 0 Å². The quantitative estimate of drug-likeness (QED) is 0.608. The third kappa shape index (κ3) is 3.76. The molecule has 0 saturated carbocycles. The average molecular weight is 404 g/mol. The first-order chi connectivity index (χ1) is 14.6. The third-order valence-electron chi connectivity index (χ3n) is 5.16. The summed E-state index contributed by atoms with van der Waals surface area (Å²) in [5.41, 5.74) is 0.446. The summed E-state index contributed by atoms with van der Waals surface area (Å²) in [6.45, 7) is 0.0126. The molecule has 0 aromatic heterocycles. The van der Waals surface area contributed by atoms with Crippen LogP contribution in [0, 0.1) is 5.82 Å². The summed E-state index contributed by atoms with van der Waals surface area (Å²) >= 11 is 0. The molecule has 1 saturated heterocycles. The second-order valence-corrected chi connectivity index (χ2v) is 7.10. The van der Waals surface area contributed by atoms with Crippen molar-refractivity contribution >= 4 is 11.9 Å². The van der Waals surface area contributed by atoms with Crippen molar-refractivity contribution in [3.63, 3.8) is 0 Å². The Kier molecular flexibility index (Phi) is 5.48. The molecule has 1 aliphatic heterocycles. The van der Waals surface area contributed by atoms with Crippen LogP contribution in [0.25, 0.3) is 0 Å². The van der Waals surface area contributed by atoms with E-state index >= 15 is 0 Å². The highest BCUT2D eigenvalue weighted by Gasteiger charge is 2.52. The number of urea groups is 1. The Labute approximate surface area is 174 Å². The first-order valence-electron chi connectivity index (χ1n) is 9.71. The molecule has 3 amide bonds. The van der Waals surface area contributed by atoms with E-state index in [0.717, 1.165) is 10.5 Å². The first kappa shape index (κ1) is 19.6. The van der Waals surface area contributed by atoms with Crippen LogP contribution in [-0.2, 0) is 16.8 Å². The normalized spacial score (nSPS) is 18.4. The molecule has 1 heterocycles. The third-order valence-corrected chi connectivity index (χ3v) is 5.16. The van der Waals surface area contributed by atoms with Crippen LogP contribution >= 0.6 is 0 Å². The van der Waals surface area contributed by atoms with E-state index in [1.165, 1.54) is 12.1 Å². The van der Waals surface area contributed by atoms with Crippen molar-refractivity contribution in [2.45, 2.75) is 12.0 Å². The van der Waals surface area contributed by atoms with Gasteiger partial charge in [0.15, 0.2) is 17.1 Å². The summed E-state index contributed by atoms with van der Waals surface area (Å²) in [7, 11) is 0. The van der Waals surface area contributed by atoms with Gasteiger partial charge in [0.25, 0.3) is 5.91 Å². The molecular formula is C24H21FN2O3. The van der Waals surface area contributed by atoms with Crippen molar-refractivity contribution in [2.24, 2.45) is 0 Å². The SMILES string of the molecule is O=C1N[C@](Cc2ccccc2)(c2ccccc2)C(=O)N1CCOc1ccccc1F. The van der Waals surface area contributed by atoms with Gasteiger partial charge in [0.2, 0.25) is 0 Å². The number of nitrogens with zero attached hydrogens (tertiary/aromatic N) is 1. The van der Waals surface area contributed by atoms with Crippen molar-refractivity contribution in [1.29, 1.82) is 0 Å². The smallest absolute Gasteiger partial charge is 0.325 e. The topological polar surface area (TPSA) is 58.6 Å². The fourth-order valence-electron chi connectivity index (χ4n) is 3.68. The van der Waals surface area contributed by atoms with E-state index in [0.29, 0.717) is 12.0 Å². The molecule has 1 atom stereocenters. The van der Waals surface area contributed by atoms with E-state index in [-0.39, 0.29) is 24.8 Å². The molecule has 3 aromatic carbocycles. The minimum absolute atomic E-state index is 0.00367. The molecule has 5 nitrogen and oxygen atoms in total. The summed E-state index contributed by atoms with van der Waals surface area (Å²) in [6.07, 6.45) is 0.326. The Morgan fingerprint density at radius 3 is 2.20 bits per heavy atom. The average Bonchev–Trinajstić information content (AvgIpc) is 3.01. The van der Waals surface area contributed by atoms with E-state index in [1.807, 2.05) is 60.7 Å². The van der Waals surface area contributed by atoms with Crippen LogP contribution in [0.3, 0.4) is 0 Å². The van der Waals surface area contributed by atoms with Crippen LogP contribution in [-0.4, -0.2) is 30.0 Å². The van der Waals surface area contributed by atoms with Gasteiger partial charge in [-0.05, 0) is 23.3 Å². The van der Waals surface area contributed by atoms with Crippen molar-refractivity contribution < 1.29 is 18.7 Å². The maximum atomic E-state index is 13.7. The van der Waals surface area contributed by atoms with Crippen LogP contribution in [0.2, 0.25) is 0 Å². The number of imide groups is 1. The number of amides is 3. The standard InChI is InChI=1S/C24H21FN2O3/c25-20-13-7-8-14-21(20)30-16-15-27-22(28)24(26-23(27)29,19-11-5-2-6-12-19)17-18-9-3-1-4-10-18/h1-14H,15-17H2,(H,26,29)/t24-/m1/s1. The second kappa shape index (κ2) is 8.37. The number of hydrogen-bond acceptors (Lipinski definition) is 3. The van der Waals surface area contributed by atoms with E-state index in [2.05, 4.69) is 5.32 Å². The summed E-state index contributed by atoms with van der Waals surface area (Å²) in [5.74, 6) is -0.750. The fraction of sp³-hybridized carbons (Fsp3) is 0.167. The largest absolute Gasteiger partial charge is 0.489 e. The number of halogens is 1. The van der Waals surface area contributed by atoms with Gasteiger partial charge in [-0.1, -0.05) is 72.8 Å². The summed E-state index contributed by atoms with van der Waals surface area (Å²) in [5, 5.41) is 2.90. The van der Waals surface area contributed by atoms with Crippen LogP contribution in [0.5, 0.6) is 5.75 Å². The number of benzene rings is 3. The predicted molar refractivity (Wildman–Crippen MR) is 110 cm³/mol. The molecule has 0 unspecified atom stereocenters. The molecule has 0 radical (unpaired) electrons. The van der Waals surface area contributed by atoms with Gasteiger partial charge in [0.1, 0.15) is 6.61 Å². The second-order valence-electron chi connectivity index (χ2n) is 7.10. The van der Waals surface area contributed by atoms with Crippen LogP contribution in [0.1, 0.15) is 11.1 Å². The maximum absolute atomic E-state index is 13.7. The van der Waals surface area contributed by atoms with Crippen molar-refractivity contribution in [2.75, 3.05) is 13.2 Å². The minimum atomic E-state index is -1.20. The van der Waals surface area contributed by atoms with Crippen molar-refractivity contribution in [3.8, 4) is 5.75 Å². The minimum Gasteiger partial charge on any atom is -0.489 e. The molecule has 152 valence electrons. The molecule has 4 rings (SSSR count). The highest BCUT2D eigenvalue weighted by Crippen LogP contribution is 2.33. The lowest BCUT2D eigenvalue weighted by Gasteiger charge is -2.27. The Bertz CT molecular complexity index is 1040. The number of rotatable bonds is 7. The Morgan fingerprint density at radius 1 is 0.867 bits per heavy atom. The zero-order chi connectivity index (χ0) is 21.0. The van der Waals surface area contributed by atoms with Crippen LogP contribution in [0.4, 0.5) is 9.18 Å². The van der Waals surface area contributed by atoms with E-state index in [4.69, 9.17) is 4.74 Å². The first-order valence-corrected chi connectivity index (χ1v) is 9.71. The Balaban J connectivity index is 1.57. The molecular weight excluding hydrogens is 383 g/mol.